The number of hydrogen-bond acceptors (Lipinski definition) is 4. The van der Waals surface area contributed by atoms with Crippen molar-refractivity contribution >= 4 is 18.8 Å². The molecule has 1 saturated carbocycles. The summed E-state index contributed by atoms with van der Waals surface area (Å²) in [5, 5.41) is 0. The molecule has 0 N–H and O–H groups in total. The van der Waals surface area contributed by atoms with Crippen LogP contribution < -0.4 is 0 Å². The minimum Gasteiger partial charge on any atom is -0.431 e. The third-order valence-corrected chi connectivity index (χ3v) is 3.30. The highest BCUT2D eigenvalue weighted by molar-refractivity contribution is 7.80. The minimum atomic E-state index is -0.574. The van der Waals surface area contributed by atoms with Crippen molar-refractivity contribution < 1.29 is 14.3 Å². The molecule has 15 heavy (non-hydrogen) atoms. The normalized spacial score (nSPS) is 20.0. The quantitative estimate of drug-likeness (QED) is 0.460. The monoisotopic (exact) mass is 232 g/mol. The molecule has 0 amide bonds. The van der Waals surface area contributed by atoms with Crippen molar-refractivity contribution in [3.8, 4) is 0 Å². The third-order valence-electron chi connectivity index (χ3n) is 2.60. The van der Waals surface area contributed by atoms with E-state index in [0.29, 0.717) is 0 Å². The molecule has 1 atom stereocenters. The molecule has 0 saturated heterocycles. The number of carbonyl (C=O) groups excluding carboxylic acids is 1. The molecule has 0 aliphatic heterocycles. The number of ether oxygens (including phenoxy) is 2. The van der Waals surface area contributed by atoms with Gasteiger partial charge in [0.2, 0.25) is 0 Å². The van der Waals surface area contributed by atoms with Crippen LogP contribution in [0.4, 0.5) is 4.79 Å². The first-order valence-electron chi connectivity index (χ1n) is 5.65. The van der Waals surface area contributed by atoms with E-state index in [1.165, 1.54) is 6.42 Å². The highest BCUT2D eigenvalue weighted by Gasteiger charge is 2.21. The number of carbonyl (C=O) groups is 1. The molecule has 0 aromatic carbocycles. The van der Waals surface area contributed by atoms with Gasteiger partial charge in [0.1, 0.15) is 6.10 Å². The maximum Gasteiger partial charge on any atom is 0.509 e. The lowest BCUT2D eigenvalue weighted by molar-refractivity contribution is -0.000415. The summed E-state index contributed by atoms with van der Waals surface area (Å²) in [6, 6.07) is 0. The zero-order valence-electron chi connectivity index (χ0n) is 9.44. The number of hydrogen-bond donors (Lipinski definition) is 1. The van der Waals surface area contributed by atoms with Gasteiger partial charge < -0.3 is 9.47 Å². The van der Waals surface area contributed by atoms with E-state index in [1.54, 1.807) is 0 Å². The summed E-state index contributed by atoms with van der Waals surface area (Å²) >= 11 is 4.16. The van der Waals surface area contributed by atoms with Crippen molar-refractivity contribution in [2.45, 2.75) is 57.5 Å². The Balaban J connectivity index is 2.22. The van der Waals surface area contributed by atoms with Crippen LogP contribution in [0.1, 0.15) is 46.0 Å². The molecule has 1 aliphatic rings. The molecule has 1 aliphatic carbocycles. The molecule has 0 aromatic heterocycles. The second kappa shape index (κ2) is 6.26. The van der Waals surface area contributed by atoms with Gasteiger partial charge in [-0.1, -0.05) is 20.3 Å². The molecular weight excluding hydrogens is 212 g/mol. The fourth-order valence-corrected chi connectivity index (χ4v) is 1.67. The smallest absolute Gasteiger partial charge is 0.431 e. The predicted octanol–water partition coefficient (Wildman–Crippen LogP) is 3.38. The van der Waals surface area contributed by atoms with Gasteiger partial charge in [-0.15, -0.1) is 12.6 Å². The Morgan fingerprint density at radius 1 is 1.27 bits per heavy atom. The average Bonchev–Trinajstić information content (AvgIpc) is 2.18. The van der Waals surface area contributed by atoms with E-state index in [0.717, 1.165) is 25.7 Å². The van der Waals surface area contributed by atoms with Crippen molar-refractivity contribution in [2.24, 2.45) is 5.92 Å². The van der Waals surface area contributed by atoms with Gasteiger partial charge in [0.15, 0.2) is 5.44 Å². The van der Waals surface area contributed by atoms with Gasteiger partial charge in [-0.25, -0.2) is 4.79 Å². The number of rotatable bonds is 3. The van der Waals surface area contributed by atoms with E-state index in [4.69, 9.17) is 9.47 Å². The Kier molecular flexibility index (Phi) is 5.29. The van der Waals surface area contributed by atoms with Gasteiger partial charge in [-0.05, 0) is 31.6 Å². The van der Waals surface area contributed by atoms with Crippen LogP contribution in [-0.2, 0) is 9.47 Å². The van der Waals surface area contributed by atoms with Crippen LogP contribution in [0.15, 0.2) is 0 Å². The molecule has 0 radical (unpaired) electrons. The van der Waals surface area contributed by atoms with Crippen molar-refractivity contribution in [1.29, 1.82) is 0 Å². The predicted molar refractivity (Wildman–Crippen MR) is 62.1 cm³/mol. The van der Waals surface area contributed by atoms with Crippen molar-refractivity contribution in [3.63, 3.8) is 0 Å². The van der Waals surface area contributed by atoms with Crippen molar-refractivity contribution in [2.75, 3.05) is 0 Å². The van der Waals surface area contributed by atoms with E-state index >= 15 is 0 Å². The van der Waals surface area contributed by atoms with Gasteiger partial charge >= 0.3 is 6.16 Å². The van der Waals surface area contributed by atoms with Crippen LogP contribution in [0.2, 0.25) is 0 Å². The third kappa shape index (κ3) is 4.78. The molecule has 1 rings (SSSR count). The van der Waals surface area contributed by atoms with E-state index in [9.17, 15) is 4.79 Å². The Labute approximate surface area is 96.9 Å². The van der Waals surface area contributed by atoms with Crippen LogP contribution in [0.5, 0.6) is 0 Å². The highest BCUT2D eigenvalue weighted by atomic mass is 32.1. The van der Waals surface area contributed by atoms with Crippen LogP contribution in [0.25, 0.3) is 0 Å². The minimum absolute atomic E-state index is 0.0546. The van der Waals surface area contributed by atoms with E-state index < -0.39 is 6.16 Å². The summed E-state index contributed by atoms with van der Waals surface area (Å²) in [5.41, 5.74) is -0.374. The van der Waals surface area contributed by atoms with E-state index in [2.05, 4.69) is 12.6 Å². The molecule has 88 valence electrons. The van der Waals surface area contributed by atoms with Crippen LogP contribution in [-0.4, -0.2) is 17.7 Å². The fourth-order valence-electron chi connectivity index (χ4n) is 1.58. The molecule has 0 heterocycles. The highest BCUT2D eigenvalue weighted by Crippen LogP contribution is 2.21. The van der Waals surface area contributed by atoms with Gasteiger partial charge in [0, 0.05) is 0 Å². The fraction of sp³-hybridized carbons (Fsp3) is 0.909. The summed E-state index contributed by atoms with van der Waals surface area (Å²) in [5.74, 6) is 0.201. The summed E-state index contributed by atoms with van der Waals surface area (Å²) < 4.78 is 10.2. The van der Waals surface area contributed by atoms with Crippen molar-refractivity contribution in [1.82, 2.24) is 0 Å². The molecule has 0 aromatic rings. The Morgan fingerprint density at radius 2 is 1.87 bits per heavy atom. The summed E-state index contributed by atoms with van der Waals surface area (Å²) in [6.45, 7) is 3.90. The SMILES string of the molecule is CC(C)C(S)OC(=O)OC1CCCCC1. The van der Waals surface area contributed by atoms with Crippen LogP contribution in [0, 0.1) is 5.92 Å². The number of thiol groups is 1. The molecule has 0 bridgehead atoms. The molecular formula is C11H20O3S. The summed E-state index contributed by atoms with van der Waals surface area (Å²) in [6.07, 6.45) is 4.95. The van der Waals surface area contributed by atoms with Crippen molar-refractivity contribution in [3.05, 3.63) is 0 Å². The Hall–Kier alpha value is -0.380. The van der Waals surface area contributed by atoms with Gasteiger partial charge in [0.05, 0.1) is 0 Å². The second-order valence-corrected chi connectivity index (χ2v) is 4.89. The standard InChI is InChI=1S/C11H20O3S/c1-8(2)10(15)14-11(12)13-9-6-4-3-5-7-9/h8-10,15H,3-7H2,1-2H3. The van der Waals surface area contributed by atoms with Gasteiger partial charge in [0.25, 0.3) is 0 Å². The zero-order valence-corrected chi connectivity index (χ0v) is 10.3. The lowest BCUT2D eigenvalue weighted by Gasteiger charge is -2.23. The topological polar surface area (TPSA) is 35.5 Å². The molecule has 1 unspecified atom stereocenters. The average molecular weight is 232 g/mol. The maximum absolute atomic E-state index is 11.3. The lowest BCUT2D eigenvalue weighted by atomic mass is 9.98. The first-order valence-corrected chi connectivity index (χ1v) is 6.16. The Bertz CT molecular complexity index is 200. The zero-order chi connectivity index (χ0) is 11.3. The largest absolute Gasteiger partial charge is 0.509 e. The summed E-state index contributed by atoms with van der Waals surface area (Å²) in [4.78, 5) is 11.3. The maximum atomic E-state index is 11.3. The lowest BCUT2D eigenvalue weighted by Crippen LogP contribution is -2.25. The van der Waals surface area contributed by atoms with Crippen LogP contribution in [0.3, 0.4) is 0 Å². The summed E-state index contributed by atoms with van der Waals surface area (Å²) in [7, 11) is 0. The molecule has 3 nitrogen and oxygen atoms in total. The second-order valence-electron chi connectivity index (χ2n) is 4.38. The molecule has 1 fully saturated rings. The van der Waals surface area contributed by atoms with Gasteiger partial charge in [-0.3, -0.25) is 0 Å². The van der Waals surface area contributed by atoms with E-state index in [1.807, 2.05) is 13.8 Å². The van der Waals surface area contributed by atoms with E-state index in [-0.39, 0.29) is 17.5 Å². The first-order chi connectivity index (χ1) is 7.09. The van der Waals surface area contributed by atoms with Gasteiger partial charge in [-0.2, -0.15) is 0 Å². The molecule has 0 spiro atoms. The first kappa shape index (κ1) is 12.7. The van der Waals surface area contributed by atoms with Crippen LogP contribution >= 0.6 is 12.6 Å². The Morgan fingerprint density at radius 3 is 2.40 bits per heavy atom. The molecule has 4 heteroatoms.